The van der Waals surface area contributed by atoms with Gasteiger partial charge in [-0.3, -0.25) is 0 Å². The molecule has 3 unspecified atom stereocenters. The molecule has 1 rings (SSSR count). The predicted octanol–water partition coefficient (Wildman–Crippen LogP) is 4.69. The first-order valence-electron chi connectivity index (χ1n) is 9.51. The smallest absolute Gasteiger partial charge is 0.00645 e. The van der Waals surface area contributed by atoms with E-state index in [1.54, 1.807) is 0 Å². The van der Waals surface area contributed by atoms with Crippen molar-refractivity contribution in [2.24, 2.45) is 11.3 Å². The van der Waals surface area contributed by atoms with Crippen LogP contribution in [0, 0.1) is 11.3 Å². The Labute approximate surface area is 134 Å². The van der Waals surface area contributed by atoms with Crippen LogP contribution >= 0.6 is 0 Å². The van der Waals surface area contributed by atoms with Crippen molar-refractivity contribution < 1.29 is 0 Å². The first kappa shape index (κ1) is 19.0. The lowest BCUT2D eigenvalue weighted by atomic mass is 9.69. The van der Waals surface area contributed by atoms with E-state index in [-0.39, 0.29) is 0 Å². The average Bonchev–Trinajstić information content (AvgIpc) is 2.48. The maximum Gasteiger partial charge on any atom is 0.00645 e. The molecule has 0 heterocycles. The lowest BCUT2D eigenvalue weighted by Gasteiger charge is -2.45. The molecule has 1 aliphatic carbocycles. The van der Waals surface area contributed by atoms with E-state index in [9.17, 15) is 0 Å². The Balaban J connectivity index is 2.74. The van der Waals surface area contributed by atoms with Crippen LogP contribution in [0.3, 0.4) is 0 Å². The Morgan fingerprint density at radius 3 is 2.62 bits per heavy atom. The standard InChI is InChI=1S/C19H40N2/c1-6-9-13-21(18(5)7-2)16-19(15-20-8-3)12-10-11-17(4)14-19/h17-18,20H,6-16H2,1-5H3. The van der Waals surface area contributed by atoms with Crippen LogP contribution in [0.15, 0.2) is 0 Å². The van der Waals surface area contributed by atoms with Crippen LogP contribution in [0.1, 0.15) is 79.6 Å². The van der Waals surface area contributed by atoms with Gasteiger partial charge in [-0.25, -0.2) is 0 Å². The normalized spacial score (nSPS) is 28.0. The van der Waals surface area contributed by atoms with Crippen molar-refractivity contribution in [3.8, 4) is 0 Å². The van der Waals surface area contributed by atoms with E-state index in [1.165, 1.54) is 64.6 Å². The molecule has 0 aromatic heterocycles. The fourth-order valence-corrected chi connectivity index (χ4v) is 4.02. The molecule has 1 aliphatic rings. The Morgan fingerprint density at radius 2 is 2.05 bits per heavy atom. The van der Waals surface area contributed by atoms with Crippen molar-refractivity contribution in [2.75, 3.05) is 26.2 Å². The van der Waals surface area contributed by atoms with Crippen molar-refractivity contribution in [3.63, 3.8) is 0 Å². The summed E-state index contributed by atoms with van der Waals surface area (Å²) in [7, 11) is 0. The van der Waals surface area contributed by atoms with Gasteiger partial charge in [0.15, 0.2) is 0 Å². The van der Waals surface area contributed by atoms with E-state index >= 15 is 0 Å². The molecular formula is C19H40N2. The zero-order valence-corrected chi connectivity index (χ0v) is 15.4. The van der Waals surface area contributed by atoms with E-state index in [2.05, 4.69) is 44.8 Å². The molecule has 0 amide bonds. The summed E-state index contributed by atoms with van der Waals surface area (Å²) in [5.74, 6) is 0.905. The van der Waals surface area contributed by atoms with Crippen LogP contribution in [0.5, 0.6) is 0 Å². The Morgan fingerprint density at radius 1 is 1.29 bits per heavy atom. The Hall–Kier alpha value is -0.0800. The highest BCUT2D eigenvalue weighted by Gasteiger charge is 2.36. The fraction of sp³-hybridized carbons (Fsp3) is 1.00. The molecule has 0 radical (unpaired) electrons. The van der Waals surface area contributed by atoms with Crippen molar-refractivity contribution >= 4 is 0 Å². The molecule has 0 spiro atoms. The van der Waals surface area contributed by atoms with Crippen molar-refractivity contribution in [2.45, 2.75) is 85.6 Å². The van der Waals surface area contributed by atoms with Gasteiger partial charge in [0.25, 0.3) is 0 Å². The zero-order chi connectivity index (χ0) is 15.7. The van der Waals surface area contributed by atoms with Gasteiger partial charge < -0.3 is 10.2 Å². The van der Waals surface area contributed by atoms with Gasteiger partial charge in [0.05, 0.1) is 0 Å². The summed E-state index contributed by atoms with van der Waals surface area (Å²) in [5.41, 5.74) is 0.519. The SMILES string of the molecule is CCCCN(CC1(CNCC)CCCC(C)C1)C(C)CC. The minimum atomic E-state index is 0.519. The molecule has 3 atom stereocenters. The Kier molecular flexibility index (Phi) is 8.89. The quantitative estimate of drug-likeness (QED) is 0.629. The highest BCUT2D eigenvalue weighted by Crippen LogP contribution is 2.40. The summed E-state index contributed by atoms with van der Waals surface area (Å²) in [4.78, 5) is 2.79. The third-order valence-corrected chi connectivity index (χ3v) is 5.49. The molecule has 0 aromatic rings. The summed E-state index contributed by atoms with van der Waals surface area (Å²) < 4.78 is 0. The molecule has 0 aliphatic heterocycles. The third-order valence-electron chi connectivity index (χ3n) is 5.49. The molecule has 126 valence electrons. The molecule has 0 saturated heterocycles. The highest BCUT2D eigenvalue weighted by atomic mass is 15.2. The van der Waals surface area contributed by atoms with Gasteiger partial charge in [-0.05, 0) is 57.0 Å². The van der Waals surface area contributed by atoms with Crippen LogP contribution in [-0.2, 0) is 0 Å². The minimum Gasteiger partial charge on any atom is -0.316 e. The van der Waals surface area contributed by atoms with Gasteiger partial charge in [0, 0.05) is 19.1 Å². The fourth-order valence-electron chi connectivity index (χ4n) is 4.02. The summed E-state index contributed by atoms with van der Waals surface area (Å²) >= 11 is 0. The monoisotopic (exact) mass is 296 g/mol. The van der Waals surface area contributed by atoms with Gasteiger partial charge in [-0.15, -0.1) is 0 Å². The van der Waals surface area contributed by atoms with Gasteiger partial charge in [0.2, 0.25) is 0 Å². The Bertz CT molecular complexity index is 266. The van der Waals surface area contributed by atoms with Crippen molar-refractivity contribution in [1.82, 2.24) is 10.2 Å². The average molecular weight is 297 g/mol. The first-order valence-corrected chi connectivity index (χ1v) is 9.51. The van der Waals surface area contributed by atoms with E-state index in [0.717, 1.165) is 18.5 Å². The summed E-state index contributed by atoms with van der Waals surface area (Å²) in [6.07, 6.45) is 9.63. The first-order chi connectivity index (χ1) is 10.1. The molecule has 1 N–H and O–H groups in total. The van der Waals surface area contributed by atoms with E-state index in [4.69, 9.17) is 0 Å². The summed E-state index contributed by atoms with van der Waals surface area (Å²) in [6, 6.07) is 0.729. The molecular weight excluding hydrogens is 256 g/mol. The van der Waals surface area contributed by atoms with Gasteiger partial charge in [0.1, 0.15) is 0 Å². The maximum atomic E-state index is 3.67. The molecule has 1 fully saturated rings. The minimum absolute atomic E-state index is 0.519. The number of hydrogen-bond donors (Lipinski definition) is 1. The van der Waals surface area contributed by atoms with E-state index in [1.807, 2.05) is 0 Å². The van der Waals surface area contributed by atoms with Gasteiger partial charge in [-0.1, -0.05) is 47.0 Å². The molecule has 0 bridgehead atoms. The number of nitrogens with one attached hydrogen (secondary N) is 1. The number of unbranched alkanes of at least 4 members (excludes halogenated alkanes) is 1. The van der Waals surface area contributed by atoms with Crippen LogP contribution in [0.2, 0.25) is 0 Å². The second-order valence-electron chi connectivity index (χ2n) is 7.56. The number of hydrogen-bond acceptors (Lipinski definition) is 2. The number of rotatable bonds is 10. The zero-order valence-electron chi connectivity index (χ0n) is 15.4. The number of nitrogens with zero attached hydrogens (tertiary/aromatic N) is 1. The lowest BCUT2D eigenvalue weighted by molar-refractivity contribution is 0.0596. The van der Waals surface area contributed by atoms with Crippen LogP contribution in [-0.4, -0.2) is 37.1 Å². The van der Waals surface area contributed by atoms with E-state index < -0.39 is 0 Å². The molecule has 2 nitrogen and oxygen atoms in total. The van der Waals surface area contributed by atoms with Crippen molar-refractivity contribution in [3.05, 3.63) is 0 Å². The predicted molar refractivity (Wildman–Crippen MR) is 94.8 cm³/mol. The lowest BCUT2D eigenvalue weighted by Crippen LogP contribution is -2.49. The third kappa shape index (κ3) is 6.28. The van der Waals surface area contributed by atoms with Gasteiger partial charge in [-0.2, -0.15) is 0 Å². The maximum absolute atomic E-state index is 3.67. The second kappa shape index (κ2) is 9.84. The van der Waals surface area contributed by atoms with Crippen LogP contribution < -0.4 is 5.32 Å². The molecule has 0 aromatic carbocycles. The van der Waals surface area contributed by atoms with Crippen LogP contribution in [0.4, 0.5) is 0 Å². The topological polar surface area (TPSA) is 15.3 Å². The molecule has 21 heavy (non-hydrogen) atoms. The van der Waals surface area contributed by atoms with E-state index in [0.29, 0.717) is 5.41 Å². The molecule has 1 saturated carbocycles. The van der Waals surface area contributed by atoms with Crippen LogP contribution in [0.25, 0.3) is 0 Å². The highest BCUT2D eigenvalue weighted by molar-refractivity contribution is 4.90. The summed E-state index contributed by atoms with van der Waals surface area (Å²) in [6.45, 7) is 16.7. The van der Waals surface area contributed by atoms with Crippen molar-refractivity contribution in [1.29, 1.82) is 0 Å². The largest absolute Gasteiger partial charge is 0.316 e. The van der Waals surface area contributed by atoms with Gasteiger partial charge >= 0.3 is 0 Å². The molecule has 2 heteroatoms. The summed E-state index contributed by atoms with van der Waals surface area (Å²) in [5, 5.41) is 3.67. The second-order valence-corrected chi connectivity index (χ2v) is 7.56.